The topological polar surface area (TPSA) is 63.7 Å². The van der Waals surface area contributed by atoms with Gasteiger partial charge in [-0.15, -0.1) is 0 Å². The molecule has 2 rings (SSSR count). The molecule has 0 atom stereocenters. The van der Waals surface area contributed by atoms with E-state index < -0.39 is 15.8 Å². The fraction of sp³-hybridized carbons (Fsp3) is 0.421. The van der Waals surface area contributed by atoms with Crippen molar-refractivity contribution in [1.82, 2.24) is 4.90 Å². The monoisotopic (exact) mass is 363 g/mol. The third-order valence-electron chi connectivity index (χ3n) is 3.94. The van der Waals surface area contributed by atoms with Crippen molar-refractivity contribution >= 4 is 15.8 Å². The van der Waals surface area contributed by atoms with Gasteiger partial charge in [0, 0.05) is 13.1 Å². The lowest BCUT2D eigenvalue weighted by Gasteiger charge is -2.11. The van der Waals surface area contributed by atoms with Crippen LogP contribution in [0.15, 0.2) is 52.4 Å². The highest BCUT2D eigenvalue weighted by molar-refractivity contribution is 7.96. The second kappa shape index (κ2) is 8.85. The highest BCUT2D eigenvalue weighted by atomic mass is 32.2. The summed E-state index contributed by atoms with van der Waals surface area (Å²) in [6.45, 7) is 5.82. The van der Waals surface area contributed by atoms with Crippen molar-refractivity contribution < 1.29 is 17.9 Å². The van der Waals surface area contributed by atoms with Crippen LogP contribution in [-0.4, -0.2) is 39.0 Å². The van der Waals surface area contributed by atoms with Gasteiger partial charge in [-0.2, -0.15) is 0 Å². The first-order chi connectivity index (χ1) is 11.9. The maximum atomic E-state index is 12.9. The second-order valence-electron chi connectivity index (χ2n) is 6.07. The molecule has 0 aromatic heterocycles. The number of nitrogens with zero attached hydrogens (tertiary/aromatic N) is 1. The molecule has 1 saturated heterocycles. The maximum Gasteiger partial charge on any atom is 0.350 e. The van der Waals surface area contributed by atoms with Crippen molar-refractivity contribution in [3.63, 3.8) is 0 Å². The van der Waals surface area contributed by atoms with Gasteiger partial charge < -0.3 is 9.64 Å². The summed E-state index contributed by atoms with van der Waals surface area (Å²) in [6, 6.07) is 6.44. The lowest BCUT2D eigenvalue weighted by Crippen LogP contribution is -2.17. The molecular weight excluding hydrogens is 338 g/mol. The molecule has 1 fully saturated rings. The quantitative estimate of drug-likeness (QED) is 0.423. The summed E-state index contributed by atoms with van der Waals surface area (Å²) in [6.07, 6.45) is 7.66. The molecule has 0 bridgehead atoms. The van der Waals surface area contributed by atoms with Crippen LogP contribution in [0.1, 0.15) is 31.7 Å². The van der Waals surface area contributed by atoms with Gasteiger partial charge in [-0.1, -0.05) is 24.6 Å². The first-order valence-corrected chi connectivity index (χ1v) is 10.0. The summed E-state index contributed by atoms with van der Waals surface area (Å²) in [4.78, 5) is 14.2. The van der Waals surface area contributed by atoms with Gasteiger partial charge in [-0.25, -0.2) is 13.2 Å². The number of hydrogen-bond donors (Lipinski definition) is 0. The van der Waals surface area contributed by atoms with Gasteiger partial charge in [0.05, 0.1) is 11.5 Å². The number of sulfone groups is 1. The zero-order valence-corrected chi connectivity index (χ0v) is 15.6. The zero-order valence-electron chi connectivity index (χ0n) is 14.8. The molecule has 136 valence electrons. The first-order valence-electron chi connectivity index (χ1n) is 8.56. The standard InChI is InChI=1S/C19H25NO4S/c1-3-15-24-19(21)18(7-6-14-20-12-4-5-13-20)25(22,23)17-10-8-16(2)9-11-17/h6-11,14H,3-5,12-13,15H2,1-2H3. The summed E-state index contributed by atoms with van der Waals surface area (Å²) in [5.74, 6) is -0.812. The number of esters is 1. The molecule has 0 unspecified atom stereocenters. The molecule has 1 heterocycles. The molecule has 0 spiro atoms. The van der Waals surface area contributed by atoms with Crippen LogP contribution in [0.3, 0.4) is 0 Å². The van der Waals surface area contributed by atoms with Crippen LogP contribution in [0.5, 0.6) is 0 Å². The van der Waals surface area contributed by atoms with Crippen molar-refractivity contribution in [2.24, 2.45) is 0 Å². The van der Waals surface area contributed by atoms with E-state index in [1.165, 1.54) is 18.2 Å². The molecule has 25 heavy (non-hydrogen) atoms. The number of benzene rings is 1. The van der Waals surface area contributed by atoms with Crippen LogP contribution in [0.4, 0.5) is 0 Å². The lowest BCUT2D eigenvalue weighted by molar-refractivity contribution is -0.138. The Balaban J connectivity index is 2.31. The Morgan fingerprint density at radius 2 is 1.84 bits per heavy atom. The number of carbonyl (C=O) groups is 1. The van der Waals surface area contributed by atoms with Crippen molar-refractivity contribution in [3.05, 3.63) is 53.1 Å². The van der Waals surface area contributed by atoms with Crippen LogP contribution >= 0.6 is 0 Å². The Labute approximate surface area is 149 Å². The molecule has 1 aliphatic heterocycles. The number of carbonyl (C=O) groups excluding carboxylic acids is 1. The van der Waals surface area contributed by atoms with E-state index in [0.29, 0.717) is 6.42 Å². The van der Waals surface area contributed by atoms with E-state index in [0.717, 1.165) is 31.5 Å². The number of rotatable bonds is 7. The fourth-order valence-electron chi connectivity index (χ4n) is 2.52. The Bertz CT molecular complexity index is 742. The molecule has 0 saturated carbocycles. The number of allylic oxidation sites excluding steroid dienone is 2. The SMILES string of the molecule is CCCOC(=O)C(=CC=CN1CCCC1)S(=O)(=O)c1ccc(C)cc1. The Morgan fingerprint density at radius 1 is 1.20 bits per heavy atom. The van der Waals surface area contributed by atoms with Gasteiger partial charge in [0.2, 0.25) is 9.84 Å². The van der Waals surface area contributed by atoms with Gasteiger partial charge >= 0.3 is 5.97 Å². The van der Waals surface area contributed by atoms with Crippen molar-refractivity contribution in [1.29, 1.82) is 0 Å². The van der Waals surface area contributed by atoms with Crippen LogP contribution in [0.2, 0.25) is 0 Å². The number of hydrogen-bond acceptors (Lipinski definition) is 5. The molecule has 1 aliphatic rings. The van der Waals surface area contributed by atoms with Gasteiger partial charge in [-0.05, 0) is 56.7 Å². The van der Waals surface area contributed by atoms with Crippen LogP contribution < -0.4 is 0 Å². The van der Waals surface area contributed by atoms with E-state index in [1.807, 2.05) is 20.0 Å². The number of ether oxygens (including phenoxy) is 1. The molecule has 0 radical (unpaired) electrons. The van der Waals surface area contributed by atoms with Crippen molar-refractivity contribution in [3.8, 4) is 0 Å². The number of likely N-dealkylation sites (tertiary alicyclic amines) is 1. The Morgan fingerprint density at radius 3 is 2.44 bits per heavy atom. The van der Waals surface area contributed by atoms with Gasteiger partial charge in [0.1, 0.15) is 0 Å². The minimum Gasteiger partial charge on any atom is -0.462 e. The minimum absolute atomic E-state index is 0.0902. The highest BCUT2D eigenvalue weighted by Gasteiger charge is 2.27. The molecule has 1 aromatic carbocycles. The molecule has 6 heteroatoms. The smallest absolute Gasteiger partial charge is 0.350 e. The second-order valence-corrected chi connectivity index (χ2v) is 7.99. The van der Waals surface area contributed by atoms with E-state index >= 15 is 0 Å². The van der Waals surface area contributed by atoms with E-state index in [-0.39, 0.29) is 16.4 Å². The summed E-state index contributed by atoms with van der Waals surface area (Å²) in [5, 5.41) is 0. The first kappa shape index (κ1) is 19.2. The van der Waals surface area contributed by atoms with E-state index in [2.05, 4.69) is 4.90 Å². The van der Waals surface area contributed by atoms with Gasteiger partial charge in [0.25, 0.3) is 0 Å². The van der Waals surface area contributed by atoms with Crippen LogP contribution in [0, 0.1) is 6.92 Å². The van der Waals surface area contributed by atoms with E-state index in [9.17, 15) is 13.2 Å². The number of aryl methyl sites for hydroxylation is 1. The minimum atomic E-state index is -3.93. The average molecular weight is 363 g/mol. The zero-order chi connectivity index (χ0) is 18.3. The molecular formula is C19H25NO4S. The molecule has 5 nitrogen and oxygen atoms in total. The van der Waals surface area contributed by atoms with Gasteiger partial charge in [0.15, 0.2) is 4.91 Å². The van der Waals surface area contributed by atoms with Crippen LogP contribution in [-0.2, 0) is 19.4 Å². The van der Waals surface area contributed by atoms with Crippen LogP contribution in [0.25, 0.3) is 0 Å². The average Bonchev–Trinajstić information content (AvgIpc) is 3.10. The summed E-state index contributed by atoms with van der Waals surface area (Å²) in [5.41, 5.74) is 0.951. The summed E-state index contributed by atoms with van der Waals surface area (Å²) >= 11 is 0. The third-order valence-corrected chi connectivity index (χ3v) is 5.72. The molecule has 0 aliphatic carbocycles. The predicted molar refractivity (Wildman–Crippen MR) is 97.6 cm³/mol. The fourth-order valence-corrected chi connectivity index (χ4v) is 3.80. The van der Waals surface area contributed by atoms with Crippen molar-refractivity contribution in [2.45, 2.75) is 38.0 Å². The lowest BCUT2D eigenvalue weighted by atomic mass is 10.2. The third kappa shape index (κ3) is 5.19. The maximum absolute atomic E-state index is 12.9. The molecule has 0 N–H and O–H groups in total. The molecule has 1 aromatic rings. The molecule has 0 amide bonds. The van der Waals surface area contributed by atoms with E-state index in [1.54, 1.807) is 18.2 Å². The van der Waals surface area contributed by atoms with E-state index in [4.69, 9.17) is 4.74 Å². The Kier molecular flexibility index (Phi) is 6.82. The largest absolute Gasteiger partial charge is 0.462 e. The predicted octanol–water partition coefficient (Wildman–Crippen LogP) is 3.22. The van der Waals surface area contributed by atoms with Gasteiger partial charge in [-0.3, -0.25) is 0 Å². The Hall–Kier alpha value is -2.08. The van der Waals surface area contributed by atoms with Crippen molar-refractivity contribution in [2.75, 3.05) is 19.7 Å². The summed E-state index contributed by atoms with van der Waals surface area (Å²) in [7, 11) is -3.93. The normalized spacial score (nSPS) is 15.8. The summed E-state index contributed by atoms with van der Waals surface area (Å²) < 4.78 is 30.8. The highest BCUT2D eigenvalue weighted by Crippen LogP contribution is 2.21.